The fraction of sp³-hybridized carbons (Fsp3) is 0.619. The highest BCUT2D eigenvalue weighted by Gasteiger charge is 2.37. The minimum atomic E-state index is -0.413. The van der Waals surface area contributed by atoms with Gasteiger partial charge in [-0.25, -0.2) is 0 Å². The number of hydrogen-bond acceptors (Lipinski definition) is 3. The molecule has 0 saturated carbocycles. The van der Waals surface area contributed by atoms with E-state index in [-0.39, 0.29) is 36.2 Å². The molecule has 1 aromatic rings. The molecule has 0 aromatic heterocycles. The molecule has 156 valence electrons. The van der Waals surface area contributed by atoms with Crippen molar-refractivity contribution < 1.29 is 9.59 Å². The van der Waals surface area contributed by atoms with Gasteiger partial charge in [0.15, 0.2) is 0 Å². The summed E-state index contributed by atoms with van der Waals surface area (Å²) in [5.41, 5.74) is 0.644. The smallest absolute Gasteiger partial charge is 0.228 e. The molecule has 0 radical (unpaired) electrons. The SMILES string of the molecule is CC(C)(C)C(=O)N1CCCC(C(=O)N2CCNCC2c2cccc(Cl)c2)C1.Cl. The van der Waals surface area contributed by atoms with Gasteiger partial charge in [0.25, 0.3) is 0 Å². The van der Waals surface area contributed by atoms with Crippen LogP contribution in [0.15, 0.2) is 24.3 Å². The number of hydrogen-bond donors (Lipinski definition) is 1. The molecule has 1 N–H and O–H groups in total. The van der Waals surface area contributed by atoms with Crippen LogP contribution in [-0.2, 0) is 9.59 Å². The molecular formula is C21H31Cl2N3O2. The summed E-state index contributed by atoms with van der Waals surface area (Å²) in [4.78, 5) is 29.9. The highest BCUT2D eigenvalue weighted by Crippen LogP contribution is 2.29. The Morgan fingerprint density at radius 2 is 1.96 bits per heavy atom. The fourth-order valence-electron chi connectivity index (χ4n) is 4.05. The van der Waals surface area contributed by atoms with Crippen molar-refractivity contribution in [2.45, 2.75) is 39.7 Å². The second-order valence-electron chi connectivity index (χ2n) is 8.65. The summed E-state index contributed by atoms with van der Waals surface area (Å²) in [6, 6.07) is 7.73. The lowest BCUT2D eigenvalue weighted by Gasteiger charge is -2.41. The van der Waals surface area contributed by atoms with Crippen molar-refractivity contribution in [1.82, 2.24) is 15.1 Å². The number of nitrogens with one attached hydrogen (secondary N) is 1. The second kappa shape index (κ2) is 9.47. The van der Waals surface area contributed by atoms with Gasteiger partial charge >= 0.3 is 0 Å². The molecule has 0 aliphatic carbocycles. The third kappa shape index (κ3) is 5.19. The largest absolute Gasteiger partial charge is 0.341 e. The first kappa shape index (κ1) is 23.0. The molecule has 2 fully saturated rings. The maximum absolute atomic E-state index is 13.4. The summed E-state index contributed by atoms with van der Waals surface area (Å²) < 4.78 is 0. The highest BCUT2D eigenvalue weighted by atomic mass is 35.5. The lowest BCUT2D eigenvalue weighted by atomic mass is 9.90. The van der Waals surface area contributed by atoms with Crippen molar-refractivity contribution in [3.05, 3.63) is 34.9 Å². The Morgan fingerprint density at radius 3 is 2.64 bits per heavy atom. The number of benzene rings is 1. The Bertz CT molecular complexity index is 705. The van der Waals surface area contributed by atoms with E-state index in [1.54, 1.807) is 0 Å². The molecule has 0 spiro atoms. The molecular weight excluding hydrogens is 397 g/mol. The first-order valence-corrected chi connectivity index (χ1v) is 10.2. The summed E-state index contributed by atoms with van der Waals surface area (Å²) in [5, 5.41) is 4.07. The van der Waals surface area contributed by atoms with Gasteiger partial charge in [-0.15, -0.1) is 12.4 Å². The maximum Gasteiger partial charge on any atom is 0.228 e. The number of halogens is 2. The van der Waals surface area contributed by atoms with Crippen molar-refractivity contribution in [2.75, 3.05) is 32.7 Å². The number of likely N-dealkylation sites (tertiary alicyclic amines) is 1. The van der Waals surface area contributed by atoms with Gasteiger partial charge in [0.2, 0.25) is 11.8 Å². The molecule has 7 heteroatoms. The first-order valence-electron chi connectivity index (χ1n) is 9.83. The van der Waals surface area contributed by atoms with Crippen LogP contribution in [0.2, 0.25) is 5.02 Å². The van der Waals surface area contributed by atoms with Crippen LogP contribution in [0, 0.1) is 11.3 Å². The van der Waals surface area contributed by atoms with Gasteiger partial charge in [0.05, 0.1) is 12.0 Å². The molecule has 28 heavy (non-hydrogen) atoms. The number of piperidine rings is 1. The molecule has 2 aliphatic heterocycles. The van der Waals surface area contributed by atoms with E-state index in [1.807, 2.05) is 54.8 Å². The normalized spacial score (nSPS) is 23.1. The number of rotatable bonds is 2. The predicted molar refractivity (Wildman–Crippen MR) is 115 cm³/mol. The number of nitrogens with zero attached hydrogens (tertiary/aromatic N) is 2. The molecule has 0 bridgehead atoms. The Morgan fingerprint density at radius 1 is 1.21 bits per heavy atom. The molecule has 2 aliphatic rings. The van der Waals surface area contributed by atoms with Crippen molar-refractivity contribution in [3.8, 4) is 0 Å². The van der Waals surface area contributed by atoms with Gasteiger partial charge in [-0.3, -0.25) is 9.59 Å². The summed E-state index contributed by atoms with van der Waals surface area (Å²) in [6.07, 6.45) is 1.73. The zero-order valence-electron chi connectivity index (χ0n) is 16.9. The Kier molecular flexibility index (Phi) is 7.77. The van der Waals surface area contributed by atoms with Crippen molar-refractivity contribution in [3.63, 3.8) is 0 Å². The quantitative estimate of drug-likeness (QED) is 0.785. The molecule has 3 rings (SSSR count). The second-order valence-corrected chi connectivity index (χ2v) is 9.08. The van der Waals surface area contributed by atoms with Crippen molar-refractivity contribution in [2.24, 2.45) is 11.3 Å². The molecule has 1 aromatic carbocycles. The van der Waals surface area contributed by atoms with Gasteiger partial charge in [0, 0.05) is 43.2 Å². The Balaban J connectivity index is 0.00000280. The third-order valence-electron chi connectivity index (χ3n) is 5.46. The molecule has 2 unspecified atom stereocenters. The van der Waals surface area contributed by atoms with Gasteiger partial charge in [-0.1, -0.05) is 44.5 Å². The van der Waals surface area contributed by atoms with Crippen LogP contribution < -0.4 is 5.32 Å². The summed E-state index contributed by atoms with van der Waals surface area (Å²) >= 11 is 6.17. The zero-order valence-corrected chi connectivity index (χ0v) is 18.5. The monoisotopic (exact) mass is 427 g/mol. The minimum Gasteiger partial charge on any atom is -0.341 e. The summed E-state index contributed by atoms with van der Waals surface area (Å²) in [5.74, 6) is 0.171. The van der Waals surface area contributed by atoms with Crippen LogP contribution >= 0.6 is 24.0 Å². The average Bonchev–Trinajstić information content (AvgIpc) is 2.66. The number of carbonyl (C=O) groups is 2. The predicted octanol–water partition coefficient (Wildman–Crippen LogP) is 3.52. The van der Waals surface area contributed by atoms with E-state index >= 15 is 0 Å². The number of amides is 2. The Hall–Kier alpha value is -1.30. The highest BCUT2D eigenvalue weighted by molar-refractivity contribution is 6.30. The van der Waals surface area contributed by atoms with Crippen LogP contribution in [0.5, 0.6) is 0 Å². The van der Waals surface area contributed by atoms with Gasteiger partial charge in [-0.2, -0.15) is 0 Å². The Labute approximate surface area is 179 Å². The number of carbonyl (C=O) groups excluding carboxylic acids is 2. The molecule has 2 saturated heterocycles. The zero-order chi connectivity index (χ0) is 19.6. The minimum absolute atomic E-state index is 0. The maximum atomic E-state index is 13.4. The number of piperazine rings is 1. The van der Waals surface area contributed by atoms with Crippen LogP contribution in [0.1, 0.15) is 45.2 Å². The van der Waals surface area contributed by atoms with E-state index in [0.29, 0.717) is 18.1 Å². The summed E-state index contributed by atoms with van der Waals surface area (Å²) in [6.45, 7) is 9.29. The third-order valence-corrected chi connectivity index (χ3v) is 5.69. The van der Waals surface area contributed by atoms with E-state index in [0.717, 1.165) is 38.0 Å². The van der Waals surface area contributed by atoms with E-state index < -0.39 is 5.41 Å². The van der Waals surface area contributed by atoms with E-state index in [1.165, 1.54) is 0 Å². The van der Waals surface area contributed by atoms with Crippen LogP contribution in [0.4, 0.5) is 0 Å². The first-order chi connectivity index (χ1) is 12.8. The van der Waals surface area contributed by atoms with E-state index in [9.17, 15) is 9.59 Å². The van der Waals surface area contributed by atoms with Crippen LogP contribution in [-0.4, -0.2) is 54.3 Å². The van der Waals surface area contributed by atoms with E-state index in [4.69, 9.17) is 11.6 Å². The topological polar surface area (TPSA) is 52.7 Å². The van der Waals surface area contributed by atoms with Gasteiger partial charge in [-0.05, 0) is 30.5 Å². The van der Waals surface area contributed by atoms with Gasteiger partial charge < -0.3 is 15.1 Å². The van der Waals surface area contributed by atoms with Gasteiger partial charge in [0.1, 0.15) is 0 Å². The average molecular weight is 428 g/mol. The van der Waals surface area contributed by atoms with Crippen LogP contribution in [0.25, 0.3) is 0 Å². The van der Waals surface area contributed by atoms with E-state index in [2.05, 4.69) is 5.32 Å². The standard InChI is InChI=1S/C21H30ClN3O2.ClH/c1-21(2,3)20(27)24-10-5-7-16(14-24)19(26)25-11-9-23-13-18(25)15-6-4-8-17(22)12-15;/h4,6,8,12,16,18,23H,5,7,9-11,13-14H2,1-3H3;1H. The molecule has 5 nitrogen and oxygen atoms in total. The van der Waals surface area contributed by atoms with Crippen molar-refractivity contribution >= 4 is 35.8 Å². The lowest BCUT2D eigenvalue weighted by molar-refractivity contribution is -0.146. The van der Waals surface area contributed by atoms with Crippen LogP contribution in [0.3, 0.4) is 0 Å². The molecule has 2 heterocycles. The summed E-state index contributed by atoms with van der Waals surface area (Å²) in [7, 11) is 0. The fourth-order valence-corrected chi connectivity index (χ4v) is 4.25. The lowest BCUT2D eigenvalue weighted by Crippen LogP contribution is -2.54. The molecule has 2 amide bonds. The van der Waals surface area contributed by atoms with Crippen molar-refractivity contribution in [1.29, 1.82) is 0 Å². The molecule has 2 atom stereocenters.